The summed E-state index contributed by atoms with van der Waals surface area (Å²) in [5, 5.41) is 8.55. The van der Waals surface area contributed by atoms with Gasteiger partial charge in [-0.2, -0.15) is 5.10 Å². The normalized spacial score (nSPS) is 18.1. The van der Waals surface area contributed by atoms with Crippen LogP contribution in [0.3, 0.4) is 0 Å². The quantitative estimate of drug-likeness (QED) is 0.494. The van der Waals surface area contributed by atoms with E-state index in [9.17, 15) is 0 Å². The van der Waals surface area contributed by atoms with Gasteiger partial charge in [-0.05, 0) is 61.6 Å². The van der Waals surface area contributed by atoms with Gasteiger partial charge in [0.15, 0.2) is 0 Å². The molecule has 1 aromatic heterocycles. The molecule has 0 fully saturated rings. The number of benzene rings is 2. The van der Waals surface area contributed by atoms with Crippen LogP contribution in [0, 0.1) is 13.8 Å². The van der Waals surface area contributed by atoms with Crippen molar-refractivity contribution in [1.29, 1.82) is 0 Å². The van der Waals surface area contributed by atoms with Crippen molar-refractivity contribution in [2.45, 2.75) is 58.5 Å². The third kappa shape index (κ3) is 4.59. The molecule has 31 heavy (non-hydrogen) atoms. The fraction of sp³-hybridized carbons (Fsp3) is 0.370. The molecule has 0 radical (unpaired) electrons. The summed E-state index contributed by atoms with van der Waals surface area (Å²) in [6.07, 6.45) is 5.73. The Bertz CT molecular complexity index is 1050. The van der Waals surface area contributed by atoms with Crippen molar-refractivity contribution < 1.29 is 4.74 Å². The average molecular weight is 416 g/mol. The predicted molar refractivity (Wildman–Crippen MR) is 127 cm³/mol. The second-order valence-electron chi connectivity index (χ2n) is 8.81. The second kappa shape index (κ2) is 9.11. The lowest BCUT2D eigenvalue weighted by atomic mass is 9.95. The molecule has 0 saturated heterocycles. The zero-order valence-corrected chi connectivity index (χ0v) is 19.2. The van der Waals surface area contributed by atoms with E-state index in [1.165, 1.54) is 22.4 Å². The summed E-state index contributed by atoms with van der Waals surface area (Å²) in [7, 11) is 1.69. The van der Waals surface area contributed by atoms with Crippen molar-refractivity contribution in [3.8, 4) is 11.4 Å². The molecule has 0 spiro atoms. The number of hydrogen-bond donors (Lipinski definition) is 1. The molecule has 0 bridgehead atoms. The topological polar surface area (TPSA) is 39.1 Å². The monoisotopic (exact) mass is 415 g/mol. The van der Waals surface area contributed by atoms with Gasteiger partial charge in [0.1, 0.15) is 5.75 Å². The summed E-state index contributed by atoms with van der Waals surface area (Å²) < 4.78 is 7.33. The molecule has 1 aliphatic carbocycles. The van der Waals surface area contributed by atoms with Crippen LogP contribution in [0.2, 0.25) is 0 Å². The van der Waals surface area contributed by atoms with E-state index in [1.807, 2.05) is 12.1 Å². The summed E-state index contributed by atoms with van der Waals surface area (Å²) >= 11 is 0. The van der Waals surface area contributed by atoms with Crippen molar-refractivity contribution in [2.24, 2.45) is 0 Å². The van der Waals surface area contributed by atoms with Crippen molar-refractivity contribution in [2.75, 3.05) is 7.11 Å². The van der Waals surface area contributed by atoms with E-state index >= 15 is 0 Å². The second-order valence-corrected chi connectivity index (χ2v) is 8.81. The molecule has 4 nitrogen and oxygen atoms in total. The van der Waals surface area contributed by atoms with Crippen LogP contribution in [0.5, 0.6) is 5.75 Å². The van der Waals surface area contributed by atoms with Gasteiger partial charge in [0, 0.05) is 29.8 Å². The first-order valence-corrected chi connectivity index (χ1v) is 11.2. The fourth-order valence-corrected chi connectivity index (χ4v) is 4.50. The van der Waals surface area contributed by atoms with Gasteiger partial charge in [0.05, 0.1) is 18.5 Å². The van der Waals surface area contributed by atoms with Gasteiger partial charge >= 0.3 is 0 Å². The zero-order chi connectivity index (χ0) is 22.0. The molecular formula is C27H33N3O. The van der Waals surface area contributed by atoms with E-state index in [-0.39, 0.29) is 0 Å². The number of nitrogens with one attached hydrogen (secondary N) is 1. The van der Waals surface area contributed by atoms with E-state index < -0.39 is 0 Å². The maximum absolute atomic E-state index is 5.28. The highest BCUT2D eigenvalue weighted by Crippen LogP contribution is 2.34. The van der Waals surface area contributed by atoms with Crippen LogP contribution in [0.1, 0.15) is 60.2 Å². The first kappa shape index (κ1) is 21.4. The number of hydrogen-bond acceptors (Lipinski definition) is 3. The molecular weight excluding hydrogens is 382 g/mol. The number of allylic oxidation sites excluding steroid dienone is 1. The molecule has 162 valence electrons. The number of aryl methyl sites for hydroxylation is 1. The van der Waals surface area contributed by atoms with E-state index in [2.05, 4.69) is 86.2 Å². The molecule has 2 unspecified atom stereocenters. The molecule has 2 aromatic carbocycles. The lowest BCUT2D eigenvalue weighted by Gasteiger charge is -2.15. The standard InChI is InChI=1S/C27H33N3O/c1-18(2)22-8-6-21(7-9-22)17-28-24-11-10-23(16-24)27-19(3)29-30(20(27)4)25-12-14-26(31-5)15-13-25/h6-15,18,23-24,28H,16-17H2,1-5H3. The van der Waals surface area contributed by atoms with Crippen LogP contribution >= 0.6 is 0 Å². The van der Waals surface area contributed by atoms with Crippen molar-refractivity contribution >= 4 is 0 Å². The smallest absolute Gasteiger partial charge is 0.119 e. The maximum Gasteiger partial charge on any atom is 0.119 e. The molecule has 2 atom stereocenters. The third-order valence-electron chi connectivity index (χ3n) is 6.33. The van der Waals surface area contributed by atoms with Crippen molar-refractivity contribution in [3.63, 3.8) is 0 Å². The van der Waals surface area contributed by atoms with Gasteiger partial charge in [-0.25, -0.2) is 4.68 Å². The Hall–Kier alpha value is -2.85. The highest BCUT2D eigenvalue weighted by Gasteiger charge is 2.26. The third-order valence-corrected chi connectivity index (χ3v) is 6.33. The highest BCUT2D eigenvalue weighted by molar-refractivity contribution is 5.43. The fourth-order valence-electron chi connectivity index (χ4n) is 4.50. The minimum Gasteiger partial charge on any atom is -0.497 e. The number of rotatable bonds is 7. The van der Waals surface area contributed by atoms with Crippen LogP contribution in [0.15, 0.2) is 60.7 Å². The summed E-state index contributed by atoms with van der Waals surface area (Å²) in [6.45, 7) is 9.65. The van der Waals surface area contributed by atoms with Gasteiger partial charge in [-0.1, -0.05) is 50.3 Å². The summed E-state index contributed by atoms with van der Waals surface area (Å²) in [6, 6.07) is 17.4. The lowest BCUT2D eigenvalue weighted by molar-refractivity contribution is 0.414. The van der Waals surface area contributed by atoms with Crippen LogP contribution in [-0.4, -0.2) is 22.9 Å². The SMILES string of the molecule is COc1ccc(-n2nc(C)c(C3C=CC(NCc4ccc(C(C)C)cc4)C3)c2C)cc1. The minimum absolute atomic E-state index is 0.387. The molecule has 3 aromatic rings. The molecule has 4 heteroatoms. The molecule has 0 amide bonds. The number of ether oxygens (including phenoxy) is 1. The van der Waals surface area contributed by atoms with Gasteiger partial charge < -0.3 is 10.1 Å². The van der Waals surface area contributed by atoms with E-state index in [0.717, 1.165) is 30.1 Å². The van der Waals surface area contributed by atoms with Crippen LogP contribution in [0.4, 0.5) is 0 Å². The Morgan fingerprint density at radius 1 is 1.03 bits per heavy atom. The maximum atomic E-state index is 5.28. The van der Waals surface area contributed by atoms with Crippen molar-refractivity contribution in [3.05, 3.63) is 88.8 Å². The van der Waals surface area contributed by atoms with E-state index in [4.69, 9.17) is 9.84 Å². The summed E-state index contributed by atoms with van der Waals surface area (Å²) in [4.78, 5) is 0. The Labute approximate surface area is 186 Å². The number of nitrogens with zero attached hydrogens (tertiary/aromatic N) is 2. The largest absolute Gasteiger partial charge is 0.497 e. The van der Waals surface area contributed by atoms with Crippen LogP contribution in [-0.2, 0) is 6.54 Å². The van der Waals surface area contributed by atoms with E-state index in [0.29, 0.717) is 17.9 Å². The Morgan fingerprint density at radius 2 is 1.74 bits per heavy atom. The number of methoxy groups -OCH3 is 1. The minimum atomic E-state index is 0.387. The first-order chi connectivity index (χ1) is 15.0. The molecule has 1 heterocycles. The van der Waals surface area contributed by atoms with Crippen LogP contribution < -0.4 is 10.1 Å². The molecule has 4 rings (SSSR count). The Morgan fingerprint density at radius 3 is 2.39 bits per heavy atom. The van der Waals surface area contributed by atoms with Gasteiger partial charge in [0.2, 0.25) is 0 Å². The van der Waals surface area contributed by atoms with Gasteiger partial charge in [-0.3, -0.25) is 0 Å². The molecule has 0 saturated carbocycles. The summed E-state index contributed by atoms with van der Waals surface area (Å²) in [5.74, 6) is 1.83. The first-order valence-electron chi connectivity index (χ1n) is 11.2. The number of aromatic nitrogens is 2. The molecule has 1 aliphatic rings. The van der Waals surface area contributed by atoms with Gasteiger partial charge in [0.25, 0.3) is 0 Å². The zero-order valence-electron chi connectivity index (χ0n) is 19.2. The van der Waals surface area contributed by atoms with Crippen molar-refractivity contribution in [1.82, 2.24) is 15.1 Å². The average Bonchev–Trinajstić information content (AvgIpc) is 3.36. The van der Waals surface area contributed by atoms with Gasteiger partial charge in [-0.15, -0.1) is 0 Å². The highest BCUT2D eigenvalue weighted by atomic mass is 16.5. The predicted octanol–water partition coefficient (Wildman–Crippen LogP) is 5.82. The molecule has 0 aliphatic heterocycles. The summed E-state index contributed by atoms with van der Waals surface area (Å²) in [5.41, 5.74) is 7.45. The lowest BCUT2D eigenvalue weighted by Crippen LogP contribution is -2.25. The Balaban J connectivity index is 1.42. The van der Waals surface area contributed by atoms with E-state index in [1.54, 1.807) is 7.11 Å². The molecule has 1 N–H and O–H groups in total. The van der Waals surface area contributed by atoms with Crippen LogP contribution in [0.25, 0.3) is 5.69 Å². The Kier molecular flexibility index (Phi) is 6.28.